The van der Waals surface area contributed by atoms with Crippen molar-refractivity contribution in [2.24, 2.45) is 0 Å². The minimum Gasteiger partial charge on any atom is -0.491 e. The van der Waals surface area contributed by atoms with E-state index in [1.54, 1.807) is 0 Å². The lowest BCUT2D eigenvalue weighted by molar-refractivity contribution is 0.209. The van der Waals surface area contributed by atoms with Gasteiger partial charge in [0.25, 0.3) is 0 Å². The van der Waals surface area contributed by atoms with Crippen molar-refractivity contribution < 1.29 is 9.13 Å². The molecule has 1 aliphatic rings. The Bertz CT molecular complexity index is 348. The number of alkyl halides is 1. The summed E-state index contributed by atoms with van der Waals surface area (Å²) in [6.45, 7) is 3.81. The van der Waals surface area contributed by atoms with E-state index in [0.29, 0.717) is 5.92 Å². The third kappa shape index (κ3) is 3.70. The molecule has 1 aromatic rings. The maximum atomic E-state index is 12.7. The number of ether oxygens (including phenoxy) is 1. The molecule has 0 aliphatic carbocycles. The molecule has 0 amide bonds. The third-order valence-corrected chi connectivity index (χ3v) is 3.15. The minimum absolute atomic E-state index is 0.135. The van der Waals surface area contributed by atoms with Crippen molar-refractivity contribution in [2.45, 2.75) is 31.9 Å². The van der Waals surface area contributed by atoms with Crippen molar-refractivity contribution in [3.05, 3.63) is 29.8 Å². The van der Waals surface area contributed by atoms with E-state index in [0.717, 1.165) is 18.8 Å². The van der Waals surface area contributed by atoms with Crippen molar-refractivity contribution in [3.8, 4) is 5.75 Å². The van der Waals surface area contributed by atoms with Crippen LogP contribution in [0.3, 0.4) is 0 Å². The highest BCUT2D eigenvalue weighted by molar-refractivity contribution is 5.31. The summed E-state index contributed by atoms with van der Waals surface area (Å²) in [6, 6.07) is 8.09. The van der Waals surface area contributed by atoms with Gasteiger partial charge in [0.05, 0.1) is 0 Å². The molecule has 1 fully saturated rings. The molecule has 3 heteroatoms. The Hall–Kier alpha value is -1.09. The molecule has 94 valence electrons. The molecule has 1 aromatic carbocycles. The van der Waals surface area contributed by atoms with Gasteiger partial charge in [-0.3, -0.25) is 0 Å². The molecule has 1 aliphatic heterocycles. The molecular formula is C14H20FNO. The topological polar surface area (TPSA) is 21.3 Å². The quantitative estimate of drug-likeness (QED) is 0.869. The van der Waals surface area contributed by atoms with Gasteiger partial charge in [-0.25, -0.2) is 4.39 Å². The van der Waals surface area contributed by atoms with Crippen LogP contribution >= 0.6 is 0 Å². The molecular weight excluding hydrogens is 217 g/mol. The van der Waals surface area contributed by atoms with Crippen LogP contribution in [0.1, 0.15) is 31.2 Å². The third-order valence-electron chi connectivity index (χ3n) is 3.15. The lowest BCUT2D eigenvalue weighted by Gasteiger charge is -2.23. The van der Waals surface area contributed by atoms with Gasteiger partial charge in [-0.15, -0.1) is 0 Å². The monoisotopic (exact) mass is 237 g/mol. The van der Waals surface area contributed by atoms with Crippen molar-refractivity contribution in [3.63, 3.8) is 0 Å². The number of rotatable bonds is 4. The van der Waals surface area contributed by atoms with E-state index in [1.165, 1.54) is 25.3 Å². The van der Waals surface area contributed by atoms with E-state index < -0.39 is 6.17 Å². The van der Waals surface area contributed by atoms with E-state index >= 15 is 0 Å². The highest BCUT2D eigenvalue weighted by Gasteiger charge is 2.15. The van der Waals surface area contributed by atoms with Crippen LogP contribution in [0.15, 0.2) is 24.3 Å². The molecule has 0 radical (unpaired) electrons. The van der Waals surface area contributed by atoms with Crippen molar-refractivity contribution in [1.29, 1.82) is 0 Å². The largest absolute Gasteiger partial charge is 0.491 e. The Labute approximate surface area is 102 Å². The molecule has 1 heterocycles. The zero-order chi connectivity index (χ0) is 12.1. The fraction of sp³-hybridized carbons (Fsp3) is 0.571. The second-order valence-electron chi connectivity index (χ2n) is 4.69. The van der Waals surface area contributed by atoms with Crippen LogP contribution in [0.5, 0.6) is 5.75 Å². The summed E-state index contributed by atoms with van der Waals surface area (Å²) < 4.78 is 18.1. The average molecular weight is 237 g/mol. The van der Waals surface area contributed by atoms with E-state index in [2.05, 4.69) is 17.4 Å². The standard InChI is InChI=1S/C14H20FNO/c1-11(15)10-17-14-4-2-3-13(9-14)12-5-7-16-8-6-12/h2-4,9,11-12,16H,5-8,10H2,1H3. The first-order chi connectivity index (χ1) is 8.25. The van der Waals surface area contributed by atoms with Gasteiger partial charge in [-0.05, 0) is 56.5 Å². The fourth-order valence-corrected chi connectivity index (χ4v) is 2.22. The first kappa shape index (κ1) is 12.4. The molecule has 0 saturated carbocycles. The first-order valence-electron chi connectivity index (χ1n) is 6.33. The molecule has 2 rings (SSSR count). The maximum Gasteiger partial charge on any atom is 0.131 e. The Morgan fingerprint density at radius 1 is 1.41 bits per heavy atom. The predicted molar refractivity (Wildman–Crippen MR) is 67.4 cm³/mol. The van der Waals surface area contributed by atoms with Crippen LogP contribution in [0.4, 0.5) is 4.39 Å². The number of benzene rings is 1. The molecule has 2 nitrogen and oxygen atoms in total. The van der Waals surface area contributed by atoms with E-state index in [1.807, 2.05) is 12.1 Å². The number of hydrogen-bond donors (Lipinski definition) is 1. The minimum atomic E-state index is -0.919. The van der Waals surface area contributed by atoms with E-state index in [-0.39, 0.29) is 6.61 Å². The number of hydrogen-bond acceptors (Lipinski definition) is 2. The van der Waals surface area contributed by atoms with Gasteiger partial charge in [-0.1, -0.05) is 12.1 Å². The molecule has 1 atom stereocenters. The lowest BCUT2D eigenvalue weighted by atomic mass is 9.90. The van der Waals surface area contributed by atoms with Gasteiger partial charge in [0.15, 0.2) is 0 Å². The molecule has 1 saturated heterocycles. The van der Waals surface area contributed by atoms with Crippen LogP contribution < -0.4 is 10.1 Å². The van der Waals surface area contributed by atoms with Gasteiger partial charge >= 0.3 is 0 Å². The number of halogens is 1. The highest BCUT2D eigenvalue weighted by atomic mass is 19.1. The fourth-order valence-electron chi connectivity index (χ4n) is 2.22. The SMILES string of the molecule is CC(F)COc1cccc(C2CCNCC2)c1. The van der Waals surface area contributed by atoms with Crippen LogP contribution in [0, 0.1) is 0 Å². The summed E-state index contributed by atoms with van der Waals surface area (Å²) in [4.78, 5) is 0. The van der Waals surface area contributed by atoms with Crippen LogP contribution in [-0.2, 0) is 0 Å². The molecule has 1 unspecified atom stereocenters. The zero-order valence-electron chi connectivity index (χ0n) is 10.3. The molecule has 1 N–H and O–H groups in total. The second kappa shape index (κ2) is 6.01. The summed E-state index contributed by atoms with van der Waals surface area (Å²) in [5, 5.41) is 3.36. The molecule has 17 heavy (non-hydrogen) atoms. The summed E-state index contributed by atoms with van der Waals surface area (Å²) in [6.07, 6.45) is 1.42. The summed E-state index contributed by atoms with van der Waals surface area (Å²) in [5.74, 6) is 1.40. The van der Waals surface area contributed by atoms with Crippen LogP contribution in [0.2, 0.25) is 0 Å². The van der Waals surface area contributed by atoms with Gasteiger partial charge < -0.3 is 10.1 Å². The summed E-state index contributed by atoms with van der Waals surface area (Å²) >= 11 is 0. The molecule has 0 bridgehead atoms. The number of nitrogens with one attached hydrogen (secondary N) is 1. The van der Waals surface area contributed by atoms with Gasteiger partial charge in [0.1, 0.15) is 18.5 Å². The predicted octanol–water partition coefficient (Wildman–Crippen LogP) is 2.89. The van der Waals surface area contributed by atoms with Crippen molar-refractivity contribution in [2.75, 3.05) is 19.7 Å². The van der Waals surface area contributed by atoms with E-state index in [4.69, 9.17) is 4.74 Å². The van der Waals surface area contributed by atoms with Crippen LogP contribution in [-0.4, -0.2) is 25.9 Å². The van der Waals surface area contributed by atoms with Crippen LogP contribution in [0.25, 0.3) is 0 Å². The molecule has 0 spiro atoms. The van der Waals surface area contributed by atoms with Crippen molar-refractivity contribution in [1.82, 2.24) is 5.32 Å². The summed E-state index contributed by atoms with van der Waals surface area (Å²) in [5.41, 5.74) is 1.32. The van der Waals surface area contributed by atoms with Crippen molar-refractivity contribution >= 4 is 0 Å². The smallest absolute Gasteiger partial charge is 0.131 e. The Morgan fingerprint density at radius 2 is 2.18 bits per heavy atom. The van der Waals surface area contributed by atoms with Gasteiger partial charge in [0, 0.05) is 0 Å². The average Bonchev–Trinajstić information content (AvgIpc) is 2.38. The van der Waals surface area contributed by atoms with Gasteiger partial charge in [0.2, 0.25) is 0 Å². The lowest BCUT2D eigenvalue weighted by Crippen LogP contribution is -2.26. The first-order valence-corrected chi connectivity index (χ1v) is 6.33. The van der Waals surface area contributed by atoms with Gasteiger partial charge in [-0.2, -0.15) is 0 Å². The maximum absolute atomic E-state index is 12.7. The molecule has 0 aromatic heterocycles. The zero-order valence-corrected chi connectivity index (χ0v) is 10.3. The Balaban J connectivity index is 2.00. The second-order valence-corrected chi connectivity index (χ2v) is 4.69. The summed E-state index contributed by atoms with van der Waals surface area (Å²) in [7, 11) is 0. The number of piperidine rings is 1. The highest BCUT2D eigenvalue weighted by Crippen LogP contribution is 2.27. The normalized spacial score (nSPS) is 18.9. The Kier molecular flexibility index (Phi) is 4.37. The van der Waals surface area contributed by atoms with E-state index in [9.17, 15) is 4.39 Å². The Morgan fingerprint density at radius 3 is 2.88 bits per heavy atom.